The standard InChI is InChI=1S/C17H23N3O3S/c1-4-5-6-16-19-20-17(24-16)18-15(21)8-7-12-9-13(22-2)11-14(10-12)23-3/h9-11H,4-8H2,1-3H3,(H,18,20,21). The molecule has 1 N–H and O–H groups in total. The predicted octanol–water partition coefficient (Wildman–Crippen LogP) is 3.47. The summed E-state index contributed by atoms with van der Waals surface area (Å²) in [4.78, 5) is 12.1. The Balaban J connectivity index is 1.87. The van der Waals surface area contributed by atoms with Crippen LogP contribution in [0.25, 0.3) is 0 Å². The molecule has 0 bridgehead atoms. The van der Waals surface area contributed by atoms with Crippen LogP contribution in [0.4, 0.5) is 5.13 Å². The predicted molar refractivity (Wildman–Crippen MR) is 95.0 cm³/mol. The Hall–Kier alpha value is -2.15. The number of aromatic nitrogens is 2. The summed E-state index contributed by atoms with van der Waals surface area (Å²) >= 11 is 1.44. The molecule has 6 nitrogen and oxygen atoms in total. The van der Waals surface area contributed by atoms with Gasteiger partial charge >= 0.3 is 0 Å². The van der Waals surface area contributed by atoms with E-state index in [1.807, 2.05) is 18.2 Å². The molecule has 0 aliphatic rings. The Bertz CT molecular complexity index is 651. The van der Waals surface area contributed by atoms with Crippen molar-refractivity contribution in [1.29, 1.82) is 0 Å². The molecule has 0 spiro atoms. The highest BCUT2D eigenvalue weighted by molar-refractivity contribution is 7.15. The highest BCUT2D eigenvalue weighted by Gasteiger charge is 2.09. The number of nitrogens with one attached hydrogen (secondary N) is 1. The van der Waals surface area contributed by atoms with Gasteiger partial charge in [0.25, 0.3) is 0 Å². The van der Waals surface area contributed by atoms with E-state index in [1.165, 1.54) is 11.3 Å². The largest absolute Gasteiger partial charge is 0.497 e. The van der Waals surface area contributed by atoms with Crippen LogP contribution in [0.5, 0.6) is 11.5 Å². The lowest BCUT2D eigenvalue weighted by Gasteiger charge is -2.08. The fourth-order valence-electron chi connectivity index (χ4n) is 2.18. The Labute approximate surface area is 146 Å². The lowest BCUT2D eigenvalue weighted by Crippen LogP contribution is -2.12. The number of carbonyl (C=O) groups is 1. The van der Waals surface area contributed by atoms with Crippen molar-refractivity contribution >= 4 is 22.4 Å². The third kappa shape index (κ3) is 5.49. The molecule has 130 valence electrons. The number of unbranched alkanes of at least 4 members (excludes halogenated alkanes) is 1. The van der Waals surface area contributed by atoms with Gasteiger partial charge in [0.15, 0.2) is 0 Å². The third-order valence-electron chi connectivity index (χ3n) is 3.51. The highest BCUT2D eigenvalue weighted by atomic mass is 32.1. The highest BCUT2D eigenvalue weighted by Crippen LogP contribution is 2.23. The monoisotopic (exact) mass is 349 g/mol. The summed E-state index contributed by atoms with van der Waals surface area (Å²) in [6.45, 7) is 2.14. The van der Waals surface area contributed by atoms with Gasteiger partial charge in [-0.05, 0) is 30.5 Å². The Morgan fingerprint density at radius 3 is 2.46 bits per heavy atom. The molecular formula is C17H23N3O3S. The summed E-state index contributed by atoms with van der Waals surface area (Å²) in [7, 11) is 3.22. The molecule has 1 heterocycles. The van der Waals surface area contributed by atoms with E-state index in [9.17, 15) is 4.79 Å². The van der Waals surface area contributed by atoms with Crippen LogP contribution < -0.4 is 14.8 Å². The number of rotatable bonds is 9. The zero-order chi connectivity index (χ0) is 17.4. The van der Waals surface area contributed by atoms with Crippen molar-refractivity contribution in [1.82, 2.24) is 10.2 Å². The van der Waals surface area contributed by atoms with Crippen LogP contribution in [0.15, 0.2) is 18.2 Å². The molecule has 0 radical (unpaired) electrons. The topological polar surface area (TPSA) is 73.3 Å². The van der Waals surface area contributed by atoms with E-state index in [-0.39, 0.29) is 5.91 Å². The Kier molecular flexibility index (Phi) is 6.99. The number of nitrogens with zero attached hydrogens (tertiary/aromatic N) is 2. The summed E-state index contributed by atoms with van der Waals surface area (Å²) in [5.74, 6) is 1.36. The molecule has 7 heteroatoms. The van der Waals surface area contributed by atoms with E-state index >= 15 is 0 Å². The molecule has 1 aromatic carbocycles. The van der Waals surface area contributed by atoms with Gasteiger partial charge < -0.3 is 14.8 Å². The molecule has 0 aliphatic carbocycles. The van der Waals surface area contributed by atoms with Crippen LogP contribution in [0, 0.1) is 0 Å². The second kappa shape index (κ2) is 9.22. The van der Waals surface area contributed by atoms with E-state index < -0.39 is 0 Å². The lowest BCUT2D eigenvalue weighted by molar-refractivity contribution is -0.116. The molecule has 1 aromatic heterocycles. The van der Waals surface area contributed by atoms with Gasteiger partial charge in [-0.15, -0.1) is 10.2 Å². The van der Waals surface area contributed by atoms with Crippen molar-refractivity contribution in [2.75, 3.05) is 19.5 Å². The van der Waals surface area contributed by atoms with Crippen molar-refractivity contribution in [2.45, 2.75) is 39.0 Å². The molecule has 2 aromatic rings. The number of anilines is 1. The Morgan fingerprint density at radius 2 is 1.83 bits per heavy atom. The number of amides is 1. The average molecular weight is 349 g/mol. The number of ether oxygens (including phenoxy) is 2. The van der Waals surface area contributed by atoms with Crippen molar-refractivity contribution in [3.05, 3.63) is 28.8 Å². The molecular weight excluding hydrogens is 326 g/mol. The number of aryl methyl sites for hydroxylation is 2. The minimum atomic E-state index is -0.0741. The van der Waals surface area contributed by atoms with Crippen LogP contribution in [0.3, 0.4) is 0 Å². The molecule has 0 fully saturated rings. The summed E-state index contributed by atoms with van der Waals surface area (Å²) < 4.78 is 10.5. The average Bonchev–Trinajstić information content (AvgIpc) is 3.05. The number of hydrogen-bond donors (Lipinski definition) is 1. The summed E-state index contributed by atoms with van der Waals surface area (Å²) in [5.41, 5.74) is 0.988. The maximum absolute atomic E-state index is 12.1. The third-order valence-corrected chi connectivity index (χ3v) is 4.41. The van der Waals surface area contributed by atoms with Crippen molar-refractivity contribution in [2.24, 2.45) is 0 Å². The Morgan fingerprint density at radius 1 is 1.12 bits per heavy atom. The van der Waals surface area contributed by atoms with Gasteiger partial charge in [0, 0.05) is 18.9 Å². The van der Waals surface area contributed by atoms with Gasteiger partial charge in [0.05, 0.1) is 14.2 Å². The van der Waals surface area contributed by atoms with Crippen LogP contribution in [-0.2, 0) is 17.6 Å². The number of benzene rings is 1. The van der Waals surface area contributed by atoms with Crippen molar-refractivity contribution in [3.63, 3.8) is 0 Å². The van der Waals surface area contributed by atoms with E-state index in [0.717, 1.165) is 41.3 Å². The minimum absolute atomic E-state index is 0.0741. The van der Waals surface area contributed by atoms with Crippen molar-refractivity contribution < 1.29 is 14.3 Å². The number of hydrogen-bond acceptors (Lipinski definition) is 6. The molecule has 24 heavy (non-hydrogen) atoms. The van der Waals surface area contributed by atoms with Crippen LogP contribution in [0.1, 0.15) is 36.8 Å². The quantitative estimate of drug-likeness (QED) is 0.750. The van der Waals surface area contributed by atoms with Gasteiger partial charge in [-0.1, -0.05) is 24.7 Å². The van der Waals surface area contributed by atoms with Crippen molar-refractivity contribution in [3.8, 4) is 11.5 Å². The fourth-order valence-corrected chi connectivity index (χ4v) is 2.98. The molecule has 0 aliphatic heterocycles. The minimum Gasteiger partial charge on any atom is -0.497 e. The zero-order valence-corrected chi connectivity index (χ0v) is 15.1. The van der Waals surface area contributed by atoms with Crippen LogP contribution in [-0.4, -0.2) is 30.3 Å². The summed E-state index contributed by atoms with van der Waals surface area (Å²) in [6, 6.07) is 5.62. The van der Waals surface area contributed by atoms with E-state index in [0.29, 0.717) is 18.0 Å². The van der Waals surface area contributed by atoms with E-state index in [4.69, 9.17) is 9.47 Å². The maximum Gasteiger partial charge on any atom is 0.226 e. The fraction of sp³-hybridized carbons (Fsp3) is 0.471. The molecule has 0 atom stereocenters. The maximum atomic E-state index is 12.1. The smallest absolute Gasteiger partial charge is 0.226 e. The number of methoxy groups -OCH3 is 2. The van der Waals surface area contributed by atoms with E-state index in [2.05, 4.69) is 22.4 Å². The first-order chi connectivity index (χ1) is 11.6. The molecule has 1 amide bonds. The lowest BCUT2D eigenvalue weighted by atomic mass is 10.1. The van der Waals surface area contributed by atoms with Gasteiger partial charge in [-0.25, -0.2) is 0 Å². The van der Waals surface area contributed by atoms with Crippen LogP contribution >= 0.6 is 11.3 Å². The van der Waals surface area contributed by atoms with Gasteiger partial charge in [-0.2, -0.15) is 0 Å². The zero-order valence-electron chi connectivity index (χ0n) is 14.3. The normalized spacial score (nSPS) is 10.5. The van der Waals surface area contributed by atoms with Gasteiger partial charge in [0.1, 0.15) is 16.5 Å². The molecule has 2 rings (SSSR count). The van der Waals surface area contributed by atoms with Gasteiger partial charge in [-0.3, -0.25) is 4.79 Å². The summed E-state index contributed by atoms with van der Waals surface area (Å²) in [6.07, 6.45) is 4.07. The summed E-state index contributed by atoms with van der Waals surface area (Å²) in [5, 5.41) is 12.4. The second-order valence-corrected chi connectivity index (χ2v) is 6.44. The van der Waals surface area contributed by atoms with E-state index in [1.54, 1.807) is 14.2 Å². The molecule has 0 saturated carbocycles. The first-order valence-corrected chi connectivity index (χ1v) is 8.80. The van der Waals surface area contributed by atoms with Gasteiger partial charge in [0.2, 0.25) is 11.0 Å². The van der Waals surface area contributed by atoms with Crippen LogP contribution in [0.2, 0.25) is 0 Å². The second-order valence-electron chi connectivity index (χ2n) is 5.37. The number of carbonyl (C=O) groups excluding carboxylic acids is 1. The first kappa shape index (κ1) is 18.2. The molecule has 0 unspecified atom stereocenters. The SMILES string of the molecule is CCCCc1nnc(NC(=O)CCc2cc(OC)cc(OC)c2)s1. The first-order valence-electron chi connectivity index (χ1n) is 7.98. The molecule has 0 saturated heterocycles.